The van der Waals surface area contributed by atoms with Crippen LogP contribution in [0.1, 0.15) is 29.5 Å². The molecule has 0 bridgehead atoms. The summed E-state index contributed by atoms with van der Waals surface area (Å²) in [6, 6.07) is 15.0. The Kier molecular flexibility index (Phi) is 5.75. The van der Waals surface area contributed by atoms with Crippen LogP contribution in [0.2, 0.25) is 0 Å². The highest BCUT2D eigenvalue weighted by molar-refractivity contribution is 7.86. The summed E-state index contributed by atoms with van der Waals surface area (Å²) in [6.45, 7) is 4.23. The van der Waals surface area contributed by atoms with Gasteiger partial charge in [-0.3, -0.25) is 4.18 Å². The van der Waals surface area contributed by atoms with E-state index in [9.17, 15) is 8.42 Å². The van der Waals surface area contributed by atoms with Crippen molar-refractivity contribution < 1.29 is 12.6 Å². The Morgan fingerprint density at radius 3 is 2.27 bits per heavy atom. The van der Waals surface area contributed by atoms with Crippen LogP contribution in [0.25, 0.3) is 0 Å². The predicted octanol–water partition coefficient (Wildman–Crippen LogP) is 4.03. The molecule has 0 aliphatic rings. The number of rotatable bonds is 7. The average molecular weight is 318 g/mol. The maximum atomic E-state index is 12.0. The van der Waals surface area contributed by atoms with Gasteiger partial charge in [-0.15, -0.1) is 0 Å². The Morgan fingerprint density at radius 1 is 0.909 bits per heavy atom. The van der Waals surface area contributed by atoms with Crippen LogP contribution in [0, 0.1) is 13.8 Å². The minimum Gasteiger partial charge on any atom is -0.266 e. The van der Waals surface area contributed by atoms with Crippen LogP contribution >= 0.6 is 0 Å². The van der Waals surface area contributed by atoms with Crippen molar-refractivity contribution >= 4 is 10.1 Å². The number of benzene rings is 2. The largest absolute Gasteiger partial charge is 0.296 e. The molecule has 0 aliphatic carbocycles. The van der Waals surface area contributed by atoms with E-state index in [0.717, 1.165) is 24.8 Å². The summed E-state index contributed by atoms with van der Waals surface area (Å²) in [7, 11) is -3.63. The van der Waals surface area contributed by atoms with E-state index in [-0.39, 0.29) is 11.5 Å². The lowest BCUT2D eigenvalue weighted by Gasteiger charge is -2.07. The van der Waals surface area contributed by atoms with Crippen molar-refractivity contribution in [3.63, 3.8) is 0 Å². The smallest absolute Gasteiger partial charge is 0.266 e. The van der Waals surface area contributed by atoms with Crippen molar-refractivity contribution in [2.75, 3.05) is 6.61 Å². The molecule has 0 atom stereocenters. The third kappa shape index (κ3) is 4.68. The molecule has 0 aromatic heterocycles. The molecule has 22 heavy (non-hydrogen) atoms. The van der Waals surface area contributed by atoms with Crippen LogP contribution in [0.3, 0.4) is 0 Å². The highest BCUT2D eigenvalue weighted by Gasteiger charge is 2.14. The third-order valence-electron chi connectivity index (χ3n) is 3.65. The Hall–Kier alpha value is -1.65. The van der Waals surface area contributed by atoms with Gasteiger partial charge in [-0.05, 0) is 56.4 Å². The third-order valence-corrected chi connectivity index (χ3v) is 4.98. The maximum absolute atomic E-state index is 12.0. The van der Waals surface area contributed by atoms with Crippen molar-refractivity contribution in [1.82, 2.24) is 0 Å². The van der Waals surface area contributed by atoms with Crippen LogP contribution in [0.4, 0.5) is 0 Å². The first-order valence-corrected chi connectivity index (χ1v) is 8.90. The quantitative estimate of drug-likeness (QED) is 0.572. The molecule has 2 rings (SSSR count). The molecule has 0 fully saturated rings. The van der Waals surface area contributed by atoms with Crippen molar-refractivity contribution in [2.45, 2.75) is 38.0 Å². The Balaban J connectivity index is 1.79. The predicted molar refractivity (Wildman–Crippen MR) is 88.4 cm³/mol. The molecule has 0 saturated carbocycles. The fourth-order valence-electron chi connectivity index (χ4n) is 2.25. The van der Waals surface area contributed by atoms with Crippen molar-refractivity contribution in [3.05, 3.63) is 65.2 Å². The standard InChI is InChI=1S/C18H22O3S/c1-15-10-12-18(13-11-15)22(19,20)21-14-6-5-9-17-8-4-3-7-16(17)2/h3-4,7-8,10-13H,5-6,9,14H2,1-2H3. The lowest BCUT2D eigenvalue weighted by Crippen LogP contribution is -2.08. The van der Waals surface area contributed by atoms with Crippen molar-refractivity contribution in [3.8, 4) is 0 Å². The molecule has 2 aromatic carbocycles. The molecule has 0 saturated heterocycles. The second-order valence-corrected chi connectivity index (χ2v) is 7.09. The molecular weight excluding hydrogens is 296 g/mol. The Bertz CT molecular complexity index is 703. The number of unbranched alkanes of at least 4 members (excludes halogenated alkanes) is 1. The van der Waals surface area contributed by atoms with Crippen LogP contribution in [0.15, 0.2) is 53.4 Å². The van der Waals surface area contributed by atoms with Gasteiger partial charge >= 0.3 is 0 Å². The minimum absolute atomic E-state index is 0.219. The second-order valence-electron chi connectivity index (χ2n) is 5.47. The highest BCUT2D eigenvalue weighted by Crippen LogP contribution is 2.15. The summed E-state index contributed by atoms with van der Waals surface area (Å²) >= 11 is 0. The molecule has 0 spiro atoms. The zero-order valence-corrected chi connectivity index (χ0v) is 13.9. The Labute approximate surface area is 133 Å². The van der Waals surface area contributed by atoms with Gasteiger partial charge in [-0.25, -0.2) is 0 Å². The lowest BCUT2D eigenvalue weighted by atomic mass is 10.0. The molecule has 0 aliphatic heterocycles. The van der Waals surface area contributed by atoms with E-state index in [1.54, 1.807) is 24.3 Å². The first-order chi connectivity index (χ1) is 10.5. The van der Waals surface area contributed by atoms with Crippen molar-refractivity contribution in [2.24, 2.45) is 0 Å². The van der Waals surface area contributed by atoms with Gasteiger partial charge in [0.2, 0.25) is 0 Å². The summed E-state index contributed by atoms with van der Waals surface area (Å²) in [5, 5.41) is 0. The number of hydrogen-bond acceptors (Lipinski definition) is 3. The molecule has 4 heteroatoms. The molecule has 0 N–H and O–H groups in total. The van der Waals surface area contributed by atoms with Gasteiger partial charge < -0.3 is 0 Å². The van der Waals surface area contributed by atoms with E-state index in [0.29, 0.717) is 0 Å². The Morgan fingerprint density at radius 2 is 1.59 bits per heavy atom. The zero-order valence-electron chi connectivity index (χ0n) is 13.1. The van der Waals surface area contributed by atoms with E-state index in [2.05, 4.69) is 19.1 Å². The van der Waals surface area contributed by atoms with Crippen LogP contribution in [0.5, 0.6) is 0 Å². The van der Waals surface area contributed by atoms with E-state index in [1.807, 2.05) is 19.1 Å². The van der Waals surface area contributed by atoms with E-state index < -0.39 is 10.1 Å². The summed E-state index contributed by atoms with van der Waals surface area (Å²) in [4.78, 5) is 0.219. The van der Waals surface area contributed by atoms with E-state index in [1.165, 1.54) is 11.1 Å². The van der Waals surface area contributed by atoms with Crippen LogP contribution in [-0.2, 0) is 20.7 Å². The normalized spacial score (nSPS) is 11.5. The summed E-state index contributed by atoms with van der Waals surface area (Å²) in [5.41, 5.74) is 3.61. The molecule has 0 heterocycles. The maximum Gasteiger partial charge on any atom is 0.296 e. The fourth-order valence-corrected chi connectivity index (χ4v) is 3.19. The van der Waals surface area contributed by atoms with Crippen LogP contribution in [-0.4, -0.2) is 15.0 Å². The van der Waals surface area contributed by atoms with Gasteiger partial charge in [0.25, 0.3) is 10.1 Å². The van der Waals surface area contributed by atoms with E-state index in [4.69, 9.17) is 4.18 Å². The van der Waals surface area contributed by atoms with Crippen LogP contribution < -0.4 is 0 Å². The first kappa shape index (κ1) is 16.7. The average Bonchev–Trinajstić information content (AvgIpc) is 2.49. The summed E-state index contributed by atoms with van der Waals surface area (Å²) in [6.07, 6.45) is 2.58. The van der Waals surface area contributed by atoms with Gasteiger partial charge in [0.15, 0.2) is 0 Å². The van der Waals surface area contributed by atoms with Gasteiger partial charge in [0, 0.05) is 0 Å². The fraction of sp³-hybridized carbons (Fsp3) is 0.333. The van der Waals surface area contributed by atoms with Crippen molar-refractivity contribution in [1.29, 1.82) is 0 Å². The van der Waals surface area contributed by atoms with Gasteiger partial charge in [-0.2, -0.15) is 8.42 Å². The van der Waals surface area contributed by atoms with E-state index >= 15 is 0 Å². The molecule has 118 valence electrons. The molecular formula is C18H22O3S. The molecule has 0 radical (unpaired) electrons. The number of hydrogen-bond donors (Lipinski definition) is 0. The lowest BCUT2D eigenvalue weighted by molar-refractivity contribution is 0.308. The van der Waals surface area contributed by atoms with Gasteiger partial charge in [0.05, 0.1) is 11.5 Å². The minimum atomic E-state index is -3.63. The first-order valence-electron chi connectivity index (χ1n) is 7.50. The molecule has 3 nitrogen and oxygen atoms in total. The molecule has 2 aromatic rings. The van der Waals surface area contributed by atoms with Gasteiger partial charge in [0.1, 0.15) is 0 Å². The second kappa shape index (κ2) is 7.56. The zero-order chi connectivity index (χ0) is 16.0. The monoisotopic (exact) mass is 318 g/mol. The summed E-state index contributed by atoms with van der Waals surface area (Å²) in [5.74, 6) is 0. The summed E-state index contributed by atoms with van der Waals surface area (Å²) < 4.78 is 29.1. The SMILES string of the molecule is Cc1ccc(S(=O)(=O)OCCCCc2ccccc2C)cc1. The van der Waals surface area contributed by atoms with Gasteiger partial charge in [-0.1, -0.05) is 42.0 Å². The molecule has 0 amide bonds. The number of aryl methyl sites for hydroxylation is 3. The highest BCUT2D eigenvalue weighted by atomic mass is 32.2. The topological polar surface area (TPSA) is 43.4 Å². The molecule has 0 unspecified atom stereocenters.